The van der Waals surface area contributed by atoms with Gasteiger partial charge >= 0.3 is 0 Å². The molecule has 3 rings (SSSR count). The molecule has 0 spiro atoms. The third kappa shape index (κ3) is 3.46. The molecule has 23 heavy (non-hydrogen) atoms. The van der Waals surface area contributed by atoms with Gasteiger partial charge in [-0.2, -0.15) is 0 Å². The van der Waals surface area contributed by atoms with Gasteiger partial charge in [0.1, 0.15) is 11.5 Å². The second-order valence-corrected chi connectivity index (χ2v) is 5.95. The van der Waals surface area contributed by atoms with E-state index >= 15 is 0 Å². The molecule has 0 aliphatic heterocycles. The minimum absolute atomic E-state index is 0.719. The molecule has 0 saturated heterocycles. The van der Waals surface area contributed by atoms with E-state index in [9.17, 15) is 0 Å². The van der Waals surface area contributed by atoms with E-state index in [2.05, 4.69) is 41.5 Å². The van der Waals surface area contributed by atoms with Gasteiger partial charge in [0.25, 0.3) is 0 Å². The number of nitrogens with zero attached hydrogens (tertiary/aromatic N) is 1. The monoisotopic (exact) mass is 326 g/mol. The van der Waals surface area contributed by atoms with Crippen molar-refractivity contribution in [1.29, 1.82) is 0 Å². The van der Waals surface area contributed by atoms with Crippen molar-refractivity contribution in [2.24, 2.45) is 0 Å². The zero-order chi connectivity index (χ0) is 16.2. The molecule has 0 amide bonds. The average molecular weight is 326 g/mol. The highest BCUT2D eigenvalue weighted by molar-refractivity contribution is 7.14. The van der Waals surface area contributed by atoms with Gasteiger partial charge in [-0.05, 0) is 19.1 Å². The van der Waals surface area contributed by atoms with E-state index < -0.39 is 0 Å². The number of hydrogen-bond acceptors (Lipinski definition) is 5. The zero-order valence-corrected chi connectivity index (χ0v) is 14.1. The lowest BCUT2D eigenvalue weighted by Gasteiger charge is -2.10. The van der Waals surface area contributed by atoms with Crippen LogP contribution < -0.4 is 14.8 Å². The fourth-order valence-corrected chi connectivity index (χ4v) is 2.94. The van der Waals surface area contributed by atoms with Gasteiger partial charge in [-0.15, -0.1) is 11.3 Å². The van der Waals surface area contributed by atoms with Crippen molar-refractivity contribution in [2.45, 2.75) is 6.92 Å². The molecular weight excluding hydrogens is 308 g/mol. The largest absolute Gasteiger partial charge is 0.497 e. The Bertz CT molecular complexity index is 797. The summed E-state index contributed by atoms with van der Waals surface area (Å²) >= 11 is 1.56. The number of methoxy groups -OCH3 is 2. The molecule has 0 bridgehead atoms. The Morgan fingerprint density at radius 3 is 2.48 bits per heavy atom. The Morgan fingerprint density at radius 1 is 1.00 bits per heavy atom. The molecule has 118 valence electrons. The first kappa shape index (κ1) is 15.4. The number of hydrogen-bond donors (Lipinski definition) is 1. The van der Waals surface area contributed by atoms with Crippen molar-refractivity contribution in [3.05, 3.63) is 53.4 Å². The Morgan fingerprint density at radius 2 is 1.78 bits per heavy atom. The van der Waals surface area contributed by atoms with E-state index in [0.717, 1.165) is 33.6 Å². The number of aryl methyl sites for hydroxylation is 1. The summed E-state index contributed by atoms with van der Waals surface area (Å²) in [5.41, 5.74) is 4.18. The first-order chi connectivity index (χ1) is 11.2. The van der Waals surface area contributed by atoms with Gasteiger partial charge in [-0.3, -0.25) is 0 Å². The summed E-state index contributed by atoms with van der Waals surface area (Å²) in [4.78, 5) is 4.64. The minimum Gasteiger partial charge on any atom is -0.497 e. The predicted molar refractivity (Wildman–Crippen MR) is 95.1 cm³/mol. The van der Waals surface area contributed by atoms with Crippen LogP contribution in [0.2, 0.25) is 0 Å². The summed E-state index contributed by atoms with van der Waals surface area (Å²) in [7, 11) is 3.27. The summed E-state index contributed by atoms with van der Waals surface area (Å²) in [6, 6.07) is 14.0. The van der Waals surface area contributed by atoms with E-state index in [1.807, 2.05) is 23.6 Å². The highest BCUT2D eigenvalue weighted by Crippen LogP contribution is 2.33. The lowest BCUT2D eigenvalue weighted by Crippen LogP contribution is -1.95. The predicted octanol–water partition coefficient (Wildman–Crippen LogP) is 4.88. The number of rotatable bonds is 5. The SMILES string of the molecule is COc1ccc(Nc2nc(-c3ccc(C)cc3)cs2)c(OC)c1. The molecule has 0 unspecified atom stereocenters. The Hall–Kier alpha value is -2.53. The van der Waals surface area contributed by atoms with Crippen molar-refractivity contribution in [3.8, 4) is 22.8 Å². The van der Waals surface area contributed by atoms with Gasteiger partial charge in [0, 0.05) is 17.0 Å². The van der Waals surface area contributed by atoms with Crippen molar-refractivity contribution in [2.75, 3.05) is 19.5 Å². The summed E-state index contributed by atoms with van der Waals surface area (Å²) in [5, 5.41) is 6.17. The van der Waals surface area contributed by atoms with Crippen LogP contribution in [-0.4, -0.2) is 19.2 Å². The van der Waals surface area contributed by atoms with Gasteiger partial charge < -0.3 is 14.8 Å². The average Bonchev–Trinajstić information content (AvgIpc) is 3.04. The Balaban J connectivity index is 1.83. The Labute approximate surface area is 139 Å². The van der Waals surface area contributed by atoms with Crippen LogP contribution in [0.25, 0.3) is 11.3 Å². The van der Waals surface area contributed by atoms with Crippen molar-refractivity contribution < 1.29 is 9.47 Å². The molecule has 3 aromatic rings. The molecule has 0 atom stereocenters. The second-order valence-electron chi connectivity index (χ2n) is 5.10. The minimum atomic E-state index is 0.719. The molecule has 5 heteroatoms. The molecule has 2 aromatic carbocycles. The second kappa shape index (κ2) is 6.71. The van der Waals surface area contributed by atoms with E-state index in [4.69, 9.17) is 9.47 Å². The molecule has 1 heterocycles. The van der Waals surface area contributed by atoms with Crippen LogP contribution in [0.3, 0.4) is 0 Å². The van der Waals surface area contributed by atoms with Crippen LogP contribution in [0.5, 0.6) is 11.5 Å². The lowest BCUT2D eigenvalue weighted by molar-refractivity contribution is 0.395. The summed E-state index contributed by atoms with van der Waals surface area (Å²) in [5.74, 6) is 1.48. The molecule has 0 saturated carbocycles. The summed E-state index contributed by atoms with van der Waals surface area (Å²) < 4.78 is 10.6. The maximum Gasteiger partial charge on any atom is 0.187 e. The number of aromatic nitrogens is 1. The van der Waals surface area contributed by atoms with Crippen LogP contribution >= 0.6 is 11.3 Å². The van der Waals surface area contributed by atoms with E-state index in [1.165, 1.54) is 5.56 Å². The van der Waals surface area contributed by atoms with Gasteiger partial charge in [0.2, 0.25) is 0 Å². The normalized spacial score (nSPS) is 10.4. The van der Waals surface area contributed by atoms with Crippen LogP contribution in [0, 0.1) is 6.92 Å². The molecule has 1 N–H and O–H groups in total. The quantitative estimate of drug-likeness (QED) is 0.726. The highest BCUT2D eigenvalue weighted by Gasteiger charge is 2.09. The van der Waals surface area contributed by atoms with Gasteiger partial charge in [0.05, 0.1) is 25.6 Å². The third-order valence-electron chi connectivity index (χ3n) is 3.50. The first-order valence-corrected chi connectivity index (χ1v) is 8.09. The Kier molecular flexibility index (Phi) is 4.48. The van der Waals surface area contributed by atoms with Crippen LogP contribution in [0.15, 0.2) is 47.8 Å². The fraction of sp³-hybridized carbons (Fsp3) is 0.167. The topological polar surface area (TPSA) is 43.4 Å². The van der Waals surface area contributed by atoms with Crippen molar-refractivity contribution in [1.82, 2.24) is 4.98 Å². The molecule has 0 radical (unpaired) electrons. The van der Waals surface area contributed by atoms with E-state index in [0.29, 0.717) is 0 Å². The standard InChI is InChI=1S/C18H18N2O2S/c1-12-4-6-13(7-5-12)16-11-23-18(20-16)19-15-9-8-14(21-2)10-17(15)22-3/h4-11H,1-3H3,(H,19,20). The fourth-order valence-electron chi connectivity index (χ4n) is 2.21. The molecule has 0 fully saturated rings. The van der Waals surface area contributed by atoms with Crippen LogP contribution in [-0.2, 0) is 0 Å². The molecule has 4 nitrogen and oxygen atoms in total. The van der Waals surface area contributed by atoms with Crippen LogP contribution in [0.4, 0.5) is 10.8 Å². The van der Waals surface area contributed by atoms with Gasteiger partial charge in [-0.1, -0.05) is 29.8 Å². The highest BCUT2D eigenvalue weighted by atomic mass is 32.1. The number of thiazole rings is 1. The van der Waals surface area contributed by atoms with Crippen LogP contribution in [0.1, 0.15) is 5.56 Å². The number of anilines is 2. The van der Waals surface area contributed by atoms with Crippen molar-refractivity contribution >= 4 is 22.2 Å². The molecule has 1 aromatic heterocycles. The maximum absolute atomic E-state index is 5.40. The number of ether oxygens (including phenoxy) is 2. The van der Waals surface area contributed by atoms with Gasteiger partial charge in [-0.25, -0.2) is 4.98 Å². The number of nitrogens with one attached hydrogen (secondary N) is 1. The van der Waals surface area contributed by atoms with E-state index in [-0.39, 0.29) is 0 Å². The number of benzene rings is 2. The molecule has 0 aliphatic carbocycles. The smallest absolute Gasteiger partial charge is 0.187 e. The zero-order valence-electron chi connectivity index (χ0n) is 13.3. The summed E-state index contributed by atoms with van der Waals surface area (Å²) in [6.07, 6.45) is 0. The first-order valence-electron chi connectivity index (χ1n) is 7.21. The van der Waals surface area contributed by atoms with E-state index in [1.54, 1.807) is 25.6 Å². The summed E-state index contributed by atoms with van der Waals surface area (Å²) in [6.45, 7) is 2.08. The van der Waals surface area contributed by atoms with Crippen molar-refractivity contribution in [3.63, 3.8) is 0 Å². The maximum atomic E-state index is 5.40. The third-order valence-corrected chi connectivity index (χ3v) is 4.26. The molecule has 0 aliphatic rings. The molecular formula is C18H18N2O2S. The van der Waals surface area contributed by atoms with Gasteiger partial charge in [0.15, 0.2) is 5.13 Å². The lowest BCUT2D eigenvalue weighted by atomic mass is 10.1.